The molecule has 0 radical (unpaired) electrons. The number of carbonyl (C=O) groups is 3. The van der Waals surface area contributed by atoms with Crippen molar-refractivity contribution in [1.29, 1.82) is 0 Å². The van der Waals surface area contributed by atoms with Gasteiger partial charge in [0.05, 0.1) is 11.8 Å². The van der Waals surface area contributed by atoms with Crippen LogP contribution >= 0.6 is 0 Å². The van der Waals surface area contributed by atoms with Crippen molar-refractivity contribution in [3.63, 3.8) is 0 Å². The standard InChI is InChI=1S/C19H23N3O3/c1-9-6-7-12-11(8-9)19(17(25)20-12)14-13(10(2)21-19)15(23)22(16(14)24)18(3,4)5/h6-8,10,13-14,21H,1-5H3,(H,20,25)/t10-,13-,14+,19+/m1/s1. The van der Waals surface area contributed by atoms with Crippen molar-refractivity contribution >= 4 is 23.4 Å². The molecule has 1 spiro atoms. The Morgan fingerprint density at radius 1 is 1.12 bits per heavy atom. The van der Waals surface area contributed by atoms with E-state index in [0.717, 1.165) is 11.1 Å². The van der Waals surface area contributed by atoms with E-state index in [4.69, 9.17) is 0 Å². The summed E-state index contributed by atoms with van der Waals surface area (Å²) in [7, 11) is 0. The SMILES string of the molecule is Cc1ccc2c(c1)[C@@]1(N[C@H](C)[C@H]3C(=O)N(C(C)(C)C)C(=O)[C@H]31)C(=O)N2. The number of fused-ring (bicyclic) bond motifs is 4. The molecule has 1 aromatic carbocycles. The van der Waals surface area contributed by atoms with Crippen LogP contribution < -0.4 is 10.6 Å². The molecule has 6 nitrogen and oxygen atoms in total. The Morgan fingerprint density at radius 2 is 1.80 bits per heavy atom. The summed E-state index contributed by atoms with van der Waals surface area (Å²) in [4.78, 5) is 40.6. The first-order chi connectivity index (χ1) is 11.6. The van der Waals surface area contributed by atoms with Crippen LogP contribution in [0.5, 0.6) is 0 Å². The zero-order valence-corrected chi connectivity index (χ0v) is 15.1. The van der Waals surface area contributed by atoms with E-state index < -0.39 is 22.9 Å². The Balaban J connectivity index is 1.92. The summed E-state index contributed by atoms with van der Waals surface area (Å²) in [5.41, 5.74) is 0.721. The third-order valence-corrected chi connectivity index (χ3v) is 5.69. The molecule has 1 aromatic rings. The average molecular weight is 341 g/mol. The van der Waals surface area contributed by atoms with E-state index in [-0.39, 0.29) is 23.8 Å². The van der Waals surface area contributed by atoms with Gasteiger partial charge in [-0.25, -0.2) is 0 Å². The van der Waals surface area contributed by atoms with Gasteiger partial charge in [0.15, 0.2) is 0 Å². The van der Waals surface area contributed by atoms with Crippen LogP contribution in [0.1, 0.15) is 38.8 Å². The largest absolute Gasteiger partial charge is 0.324 e. The summed E-state index contributed by atoms with van der Waals surface area (Å²) < 4.78 is 0. The number of carbonyl (C=O) groups excluding carboxylic acids is 3. The maximum Gasteiger partial charge on any atom is 0.250 e. The van der Waals surface area contributed by atoms with E-state index >= 15 is 0 Å². The predicted molar refractivity (Wildman–Crippen MR) is 92.7 cm³/mol. The average Bonchev–Trinajstić information content (AvgIpc) is 3.04. The first-order valence-corrected chi connectivity index (χ1v) is 8.67. The quantitative estimate of drug-likeness (QED) is 0.702. The van der Waals surface area contributed by atoms with Gasteiger partial charge in [-0.2, -0.15) is 0 Å². The fourth-order valence-corrected chi connectivity index (χ4v) is 4.74. The molecular weight excluding hydrogens is 318 g/mol. The molecule has 0 saturated carbocycles. The Morgan fingerprint density at radius 3 is 2.44 bits per heavy atom. The summed E-state index contributed by atoms with van der Waals surface area (Å²) in [6.45, 7) is 9.38. The first-order valence-electron chi connectivity index (χ1n) is 8.67. The maximum absolute atomic E-state index is 13.3. The van der Waals surface area contributed by atoms with Crippen molar-refractivity contribution in [2.45, 2.75) is 51.7 Å². The molecule has 0 aromatic heterocycles. The second-order valence-electron chi connectivity index (χ2n) is 8.43. The van der Waals surface area contributed by atoms with Gasteiger partial charge in [-0.05, 0) is 40.7 Å². The normalized spacial score (nSPS) is 33.9. The fourth-order valence-electron chi connectivity index (χ4n) is 4.74. The van der Waals surface area contributed by atoms with Crippen LogP contribution in [0.3, 0.4) is 0 Å². The predicted octanol–water partition coefficient (Wildman–Crippen LogP) is 1.53. The lowest BCUT2D eigenvalue weighted by molar-refractivity contribution is -0.147. The smallest absolute Gasteiger partial charge is 0.250 e. The van der Waals surface area contributed by atoms with Gasteiger partial charge in [0.1, 0.15) is 5.54 Å². The van der Waals surface area contributed by atoms with E-state index in [1.807, 2.05) is 52.8 Å². The number of amides is 3. The summed E-state index contributed by atoms with van der Waals surface area (Å²) in [5.74, 6) is -1.93. The third-order valence-electron chi connectivity index (χ3n) is 5.69. The van der Waals surface area contributed by atoms with Crippen LogP contribution in [-0.2, 0) is 19.9 Å². The molecule has 132 valence electrons. The topological polar surface area (TPSA) is 78.5 Å². The monoisotopic (exact) mass is 341 g/mol. The van der Waals surface area contributed by atoms with Gasteiger partial charge in [0.2, 0.25) is 17.7 Å². The number of rotatable bonds is 0. The molecule has 0 bridgehead atoms. The molecule has 2 saturated heterocycles. The lowest BCUT2D eigenvalue weighted by Crippen LogP contribution is -2.55. The molecule has 3 amide bonds. The van der Waals surface area contributed by atoms with Crippen molar-refractivity contribution in [2.75, 3.05) is 5.32 Å². The van der Waals surface area contributed by atoms with E-state index in [2.05, 4.69) is 10.6 Å². The highest BCUT2D eigenvalue weighted by Crippen LogP contribution is 2.53. The summed E-state index contributed by atoms with van der Waals surface area (Å²) in [6.07, 6.45) is 0. The van der Waals surface area contributed by atoms with Crippen molar-refractivity contribution < 1.29 is 14.4 Å². The Bertz CT molecular complexity index is 826. The zero-order valence-electron chi connectivity index (χ0n) is 15.1. The van der Waals surface area contributed by atoms with Crippen LogP contribution in [0.15, 0.2) is 18.2 Å². The van der Waals surface area contributed by atoms with Gasteiger partial charge in [-0.15, -0.1) is 0 Å². The Hall–Kier alpha value is -2.21. The van der Waals surface area contributed by atoms with E-state index in [1.54, 1.807) is 0 Å². The Labute approximate surface area is 147 Å². The van der Waals surface area contributed by atoms with Crippen LogP contribution in [0.4, 0.5) is 5.69 Å². The number of nitrogens with zero attached hydrogens (tertiary/aromatic N) is 1. The molecular formula is C19H23N3O3. The number of aryl methyl sites for hydroxylation is 1. The van der Waals surface area contributed by atoms with Gasteiger partial charge < -0.3 is 5.32 Å². The summed E-state index contributed by atoms with van der Waals surface area (Å²) >= 11 is 0. The molecule has 0 aliphatic carbocycles. The highest BCUT2D eigenvalue weighted by Gasteiger charge is 2.70. The molecule has 2 fully saturated rings. The van der Waals surface area contributed by atoms with Gasteiger partial charge in [-0.1, -0.05) is 17.7 Å². The lowest BCUT2D eigenvalue weighted by Gasteiger charge is -2.34. The van der Waals surface area contributed by atoms with Gasteiger partial charge in [0, 0.05) is 22.8 Å². The van der Waals surface area contributed by atoms with Crippen LogP contribution in [-0.4, -0.2) is 34.2 Å². The number of benzene rings is 1. The minimum Gasteiger partial charge on any atom is -0.324 e. The lowest BCUT2D eigenvalue weighted by atomic mass is 9.76. The minimum atomic E-state index is -1.17. The number of nitrogens with one attached hydrogen (secondary N) is 2. The molecule has 25 heavy (non-hydrogen) atoms. The number of imide groups is 1. The second kappa shape index (κ2) is 4.69. The molecule has 6 heteroatoms. The molecule has 3 heterocycles. The number of anilines is 1. The second-order valence-corrected chi connectivity index (χ2v) is 8.43. The highest BCUT2D eigenvalue weighted by atomic mass is 16.2. The van der Waals surface area contributed by atoms with Crippen molar-refractivity contribution in [1.82, 2.24) is 10.2 Å². The highest BCUT2D eigenvalue weighted by molar-refractivity contribution is 6.15. The van der Waals surface area contributed by atoms with E-state index in [1.165, 1.54) is 4.90 Å². The van der Waals surface area contributed by atoms with Crippen LogP contribution in [0, 0.1) is 18.8 Å². The fraction of sp³-hybridized carbons (Fsp3) is 0.526. The van der Waals surface area contributed by atoms with Crippen LogP contribution in [0.2, 0.25) is 0 Å². The molecule has 4 atom stereocenters. The van der Waals surface area contributed by atoms with Crippen molar-refractivity contribution in [3.05, 3.63) is 29.3 Å². The molecule has 4 rings (SSSR count). The summed E-state index contributed by atoms with van der Waals surface area (Å²) in [5, 5.41) is 6.21. The van der Waals surface area contributed by atoms with Gasteiger partial charge in [-0.3, -0.25) is 24.6 Å². The number of hydrogen-bond acceptors (Lipinski definition) is 4. The Kier molecular flexibility index (Phi) is 3.06. The minimum absolute atomic E-state index is 0.187. The zero-order chi connectivity index (χ0) is 18.3. The number of hydrogen-bond donors (Lipinski definition) is 2. The van der Waals surface area contributed by atoms with Gasteiger partial charge >= 0.3 is 0 Å². The molecule has 2 N–H and O–H groups in total. The van der Waals surface area contributed by atoms with E-state index in [0.29, 0.717) is 5.69 Å². The van der Waals surface area contributed by atoms with Crippen molar-refractivity contribution in [2.24, 2.45) is 11.8 Å². The molecule has 3 aliphatic heterocycles. The van der Waals surface area contributed by atoms with Crippen LogP contribution in [0.25, 0.3) is 0 Å². The van der Waals surface area contributed by atoms with Gasteiger partial charge in [0.25, 0.3) is 0 Å². The third kappa shape index (κ3) is 1.86. The molecule has 0 unspecified atom stereocenters. The molecule has 3 aliphatic rings. The number of likely N-dealkylation sites (tertiary alicyclic amines) is 1. The summed E-state index contributed by atoms with van der Waals surface area (Å²) in [6, 6.07) is 5.47. The van der Waals surface area contributed by atoms with Crippen molar-refractivity contribution in [3.8, 4) is 0 Å². The first kappa shape index (κ1) is 16.3. The van der Waals surface area contributed by atoms with E-state index in [9.17, 15) is 14.4 Å². The maximum atomic E-state index is 13.3.